The van der Waals surface area contributed by atoms with Crippen molar-refractivity contribution in [2.24, 2.45) is 0 Å². The molecule has 0 saturated heterocycles. The van der Waals surface area contributed by atoms with Crippen LogP contribution in [-0.2, 0) is 0 Å². The summed E-state index contributed by atoms with van der Waals surface area (Å²) in [5.41, 5.74) is 1.06. The second-order valence-corrected chi connectivity index (χ2v) is 5.64. The van der Waals surface area contributed by atoms with Gasteiger partial charge in [0, 0.05) is 22.4 Å². The molecule has 0 aliphatic carbocycles. The van der Waals surface area contributed by atoms with Crippen molar-refractivity contribution in [2.45, 2.75) is 30.4 Å². The highest BCUT2D eigenvalue weighted by atomic mass is 32.2. The number of aromatic amines is 1. The maximum Gasteiger partial charge on any atom is 0.288 e. The van der Waals surface area contributed by atoms with Crippen LogP contribution in [0.3, 0.4) is 0 Å². The molecule has 0 aliphatic rings. The van der Waals surface area contributed by atoms with Crippen molar-refractivity contribution in [3.8, 4) is 11.3 Å². The van der Waals surface area contributed by atoms with Gasteiger partial charge in [0.05, 0.1) is 5.69 Å². The minimum Gasteiger partial charge on any atom is -0.310 e. The molecule has 2 aromatic rings. The Morgan fingerprint density at radius 1 is 1.20 bits per heavy atom. The third-order valence-corrected chi connectivity index (χ3v) is 3.40. The summed E-state index contributed by atoms with van der Waals surface area (Å²) in [6.45, 7) is 3.87. The van der Waals surface area contributed by atoms with Crippen LogP contribution in [0.4, 0.5) is 8.78 Å². The third kappa shape index (κ3) is 3.66. The molecule has 106 valence electrons. The quantitative estimate of drug-likeness (QED) is 0.871. The molecule has 2 rings (SSSR count). The fourth-order valence-corrected chi connectivity index (χ4v) is 2.20. The van der Waals surface area contributed by atoms with Gasteiger partial charge in [-0.15, -0.1) is 0 Å². The summed E-state index contributed by atoms with van der Waals surface area (Å²) in [5.74, 6) is -1.72. The van der Waals surface area contributed by atoms with Gasteiger partial charge in [-0.05, 0) is 12.1 Å². The summed E-state index contributed by atoms with van der Waals surface area (Å²) in [5, 5.41) is 0. The second-order valence-electron chi connectivity index (χ2n) is 4.57. The predicted octanol–water partition coefficient (Wildman–Crippen LogP) is 3.88. The smallest absolute Gasteiger partial charge is 0.288 e. The normalized spacial score (nSPS) is 11.3. The molecule has 0 atom stereocenters. The van der Waals surface area contributed by atoms with Crippen molar-refractivity contribution in [2.75, 3.05) is 0 Å². The summed E-state index contributed by atoms with van der Waals surface area (Å²) < 4.78 is 24.5. The number of halogens is 2. The van der Waals surface area contributed by atoms with Gasteiger partial charge in [0.25, 0.3) is 11.3 Å². The van der Waals surface area contributed by atoms with Crippen molar-refractivity contribution >= 4 is 11.8 Å². The maximum atomic E-state index is 12.2. The molecule has 1 aromatic carbocycles. The number of hydrogen-bond donors (Lipinski definition) is 1. The zero-order valence-electron chi connectivity index (χ0n) is 11.1. The van der Waals surface area contributed by atoms with E-state index in [0.717, 1.165) is 5.56 Å². The molecule has 1 heterocycles. The van der Waals surface area contributed by atoms with Gasteiger partial charge in [-0.1, -0.05) is 37.7 Å². The molecule has 0 unspecified atom stereocenters. The van der Waals surface area contributed by atoms with Crippen molar-refractivity contribution in [3.63, 3.8) is 0 Å². The first-order chi connectivity index (χ1) is 9.45. The zero-order chi connectivity index (χ0) is 14.7. The Morgan fingerprint density at radius 2 is 1.85 bits per heavy atom. The average Bonchev–Trinajstić information content (AvgIpc) is 2.38. The second kappa shape index (κ2) is 6.17. The highest BCUT2D eigenvalue weighted by molar-refractivity contribution is 7.99. The van der Waals surface area contributed by atoms with E-state index in [2.05, 4.69) is 9.97 Å². The van der Waals surface area contributed by atoms with Crippen molar-refractivity contribution < 1.29 is 8.78 Å². The predicted molar refractivity (Wildman–Crippen MR) is 76.2 cm³/mol. The monoisotopic (exact) mass is 296 g/mol. The molecule has 1 N–H and O–H groups in total. The standard InChI is InChI=1S/C14H14F2N2OS/c1-8(2)13-17-11(7-12(19)18-13)9-3-5-10(6-4-9)20-14(15)16/h3-8,14H,1-2H3,(H,17,18,19). The first kappa shape index (κ1) is 14.7. The third-order valence-electron chi connectivity index (χ3n) is 2.68. The number of H-pyrrole nitrogens is 1. The first-order valence-electron chi connectivity index (χ1n) is 6.12. The molecule has 0 amide bonds. The lowest BCUT2D eigenvalue weighted by Gasteiger charge is -2.07. The Kier molecular flexibility index (Phi) is 4.54. The molecule has 0 radical (unpaired) electrons. The van der Waals surface area contributed by atoms with E-state index in [0.29, 0.717) is 28.2 Å². The fraction of sp³-hybridized carbons (Fsp3) is 0.286. The molecule has 3 nitrogen and oxygen atoms in total. The van der Waals surface area contributed by atoms with Gasteiger partial charge in [0.15, 0.2) is 0 Å². The summed E-state index contributed by atoms with van der Waals surface area (Å²) in [6.07, 6.45) is 0. The lowest BCUT2D eigenvalue weighted by atomic mass is 10.1. The maximum absolute atomic E-state index is 12.2. The van der Waals surface area contributed by atoms with E-state index in [1.54, 1.807) is 24.3 Å². The Morgan fingerprint density at radius 3 is 2.40 bits per heavy atom. The highest BCUT2D eigenvalue weighted by Gasteiger charge is 2.08. The van der Waals surface area contributed by atoms with Crippen LogP contribution in [0.1, 0.15) is 25.6 Å². The molecule has 0 spiro atoms. The minimum absolute atomic E-state index is 0.108. The Bertz CT molecular complexity index is 638. The Labute approximate surface area is 119 Å². The van der Waals surface area contributed by atoms with Gasteiger partial charge >= 0.3 is 0 Å². The van der Waals surface area contributed by atoms with E-state index in [1.165, 1.54) is 6.07 Å². The fourth-order valence-electron chi connectivity index (χ4n) is 1.70. The number of benzene rings is 1. The summed E-state index contributed by atoms with van der Waals surface area (Å²) in [7, 11) is 0. The summed E-state index contributed by atoms with van der Waals surface area (Å²) in [4.78, 5) is 19.2. The van der Waals surface area contributed by atoms with Crippen LogP contribution in [0.15, 0.2) is 40.0 Å². The van der Waals surface area contributed by atoms with Crippen LogP contribution < -0.4 is 5.56 Å². The Balaban J connectivity index is 2.34. The molecule has 0 bridgehead atoms. The number of thioether (sulfide) groups is 1. The lowest BCUT2D eigenvalue weighted by Crippen LogP contribution is -2.12. The Hall–Kier alpha value is -1.69. The van der Waals surface area contributed by atoms with E-state index < -0.39 is 5.76 Å². The van der Waals surface area contributed by atoms with Crippen LogP contribution in [0.2, 0.25) is 0 Å². The molecular formula is C14H14F2N2OS. The van der Waals surface area contributed by atoms with Crippen LogP contribution in [0.5, 0.6) is 0 Å². The van der Waals surface area contributed by atoms with Crippen molar-refractivity contribution in [3.05, 3.63) is 46.5 Å². The highest BCUT2D eigenvalue weighted by Crippen LogP contribution is 2.27. The number of hydrogen-bond acceptors (Lipinski definition) is 3. The van der Waals surface area contributed by atoms with Gasteiger partial charge in [0.1, 0.15) is 5.82 Å². The molecule has 20 heavy (non-hydrogen) atoms. The van der Waals surface area contributed by atoms with Gasteiger partial charge < -0.3 is 4.98 Å². The zero-order valence-corrected chi connectivity index (χ0v) is 11.9. The van der Waals surface area contributed by atoms with Crippen LogP contribution in [0.25, 0.3) is 11.3 Å². The molecule has 6 heteroatoms. The van der Waals surface area contributed by atoms with E-state index in [1.807, 2.05) is 13.8 Å². The van der Waals surface area contributed by atoms with E-state index in [4.69, 9.17) is 0 Å². The molecule has 0 aliphatic heterocycles. The van der Waals surface area contributed by atoms with E-state index in [-0.39, 0.29) is 11.5 Å². The van der Waals surface area contributed by atoms with Gasteiger partial charge in [0.2, 0.25) is 0 Å². The van der Waals surface area contributed by atoms with Crippen molar-refractivity contribution in [1.82, 2.24) is 9.97 Å². The number of nitrogens with zero attached hydrogens (tertiary/aromatic N) is 1. The van der Waals surface area contributed by atoms with Gasteiger partial charge in [-0.3, -0.25) is 4.79 Å². The first-order valence-corrected chi connectivity index (χ1v) is 7.00. The SMILES string of the molecule is CC(C)c1nc(-c2ccc(SC(F)F)cc2)cc(=O)[nH]1. The van der Waals surface area contributed by atoms with Crippen LogP contribution >= 0.6 is 11.8 Å². The number of aromatic nitrogens is 2. The molecular weight excluding hydrogens is 282 g/mol. The van der Waals surface area contributed by atoms with Gasteiger partial charge in [-0.2, -0.15) is 8.78 Å². The summed E-state index contributed by atoms with van der Waals surface area (Å²) in [6, 6.07) is 7.99. The summed E-state index contributed by atoms with van der Waals surface area (Å²) >= 11 is 0.492. The largest absolute Gasteiger partial charge is 0.310 e. The molecule has 0 fully saturated rings. The topological polar surface area (TPSA) is 45.8 Å². The van der Waals surface area contributed by atoms with E-state index in [9.17, 15) is 13.6 Å². The van der Waals surface area contributed by atoms with Gasteiger partial charge in [-0.25, -0.2) is 4.98 Å². The van der Waals surface area contributed by atoms with Crippen molar-refractivity contribution in [1.29, 1.82) is 0 Å². The van der Waals surface area contributed by atoms with E-state index >= 15 is 0 Å². The average molecular weight is 296 g/mol. The van der Waals surface area contributed by atoms with Crippen LogP contribution in [0, 0.1) is 0 Å². The number of rotatable bonds is 4. The minimum atomic E-state index is -2.44. The number of alkyl halides is 2. The van der Waals surface area contributed by atoms with Crippen LogP contribution in [-0.4, -0.2) is 15.7 Å². The lowest BCUT2D eigenvalue weighted by molar-refractivity contribution is 0.252. The number of nitrogens with one attached hydrogen (secondary N) is 1. The molecule has 0 saturated carbocycles. The molecule has 1 aromatic heterocycles.